The number of nitrogens with zero attached hydrogens (tertiary/aromatic N) is 3. The second-order valence-corrected chi connectivity index (χ2v) is 10.2. The average Bonchev–Trinajstić information content (AvgIpc) is 3.53. The topological polar surface area (TPSA) is 94.8 Å². The van der Waals surface area contributed by atoms with Gasteiger partial charge in [-0.15, -0.1) is 11.3 Å². The zero-order chi connectivity index (χ0) is 23.0. The monoisotopic (exact) mass is 483 g/mol. The van der Waals surface area contributed by atoms with E-state index in [4.69, 9.17) is 14.0 Å². The lowest BCUT2D eigenvalue weighted by Crippen LogP contribution is -2.27. The van der Waals surface area contributed by atoms with E-state index < -0.39 is 10.0 Å². The Bertz CT molecular complexity index is 1390. The number of hydrogen-bond acceptors (Lipinski definition) is 8. The fourth-order valence-electron chi connectivity index (χ4n) is 3.49. The van der Waals surface area contributed by atoms with Gasteiger partial charge in [-0.05, 0) is 35.6 Å². The van der Waals surface area contributed by atoms with Gasteiger partial charge in [0.25, 0.3) is 15.9 Å². The number of anilines is 1. The van der Waals surface area contributed by atoms with E-state index in [2.05, 4.69) is 17.1 Å². The molecule has 0 N–H and O–H groups in total. The summed E-state index contributed by atoms with van der Waals surface area (Å²) in [7, 11) is -2.40. The van der Waals surface area contributed by atoms with Crippen molar-refractivity contribution in [3.05, 3.63) is 59.5 Å². The van der Waals surface area contributed by atoms with E-state index in [1.165, 1.54) is 28.3 Å². The first kappa shape index (κ1) is 21.5. The van der Waals surface area contributed by atoms with Crippen molar-refractivity contribution in [2.24, 2.45) is 0 Å². The van der Waals surface area contributed by atoms with Gasteiger partial charge in [-0.25, -0.2) is 8.42 Å². The highest BCUT2D eigenvalue weighted by Gasteiger charge is 2.29. The molecule has 0 radical (unpaired) electrons. The molecule has 1 aliphatic rings. The van der Waals surface area contributed by atoms with Crippen molar-refractivity contribution < 1.29 is 22.4 Å². The maximum atomic E-state index is 13.5. The number of aryl methyl sites for hydroxylation is 1. The van der Waals surface area contributed by atoms with Crippen LogP contribution in [0.25, 0.3) is 22.2 Å². The Morgan fingerprint density at radius 3 is 2.55 bits per heavy atom. The molecule has 10 heteroatoms. The molecule has 0 fully saturated rings. The van der Waals surface area contributed by atoms with Gasteiger partial charge >= 0.3 is 0 Å². The van der Waals surface area contributed by atoms with Crippen LogP contribution >= 0.6 is 11.3 Å². The molecule has 0 saturated carbocycles. The summed E-state index contributed by atoms with van der Waals surface area (Å²) in [6.45, 7) is 2.97. The number of benzene rings is 2. The van der Waals surface area contributed by atoms with Crippen LogP contribution in [0.5, 0.6) is 11.5 Å². The summed E-state index contributed by atoms with van der Waals surface area (Å²) in [6, 6.07) is 14.5. The Morgan fingerprint density at radius 1 is 1.03 bits per heavy atom. The normalized spacial score (nSPS) is 13.2. The maximum absolute atomic E-state index is 13.5. The van der Waals surface area contributed by atoms with Crippen LogP contribution in [-0.4, -0.2) is 38.8 Å². The Hall–Kier alpha value is -3.37. The Labute approximate surface area is 195 Å². The third-order valence-corrected chi connectivity index (χ3v) is 8.26. The summed E-state index contributed by atoms with van der Waals surface area (Å²) in [5, 5.41) is 5.75. The summed E-state index contributed by atoms with van der Waals surface area (Å²) in [6.07, 6.45) is 0.936. The minimum Gasteiger partial charge on any atom is -0.486 e. The summed E-state index contributed by atoms with van der Waals surface area (Å²) < 4.78 is 44.7. The summed E-state index contributed by atoms with van der Waals surface area (Å²) in [5.41, 5.74) is 2.46. The van der Waals surface area contributed by atoms with Crippen molar-refractivity contribution in [2.45, 2.75) is 18.2 Å². The molecule has 8 nitrogen and oxygen atoms in total. The zero-order valence-corrected chi connectivity index (χ0v) is 19.6. The van der Waals surface area contributed by atoms with E-state index in [1.54, 1.807) is 29.6 Å². The van der Waals surface area contributed by atoms with Crippen LogP contribution < -0.4 is 13.8 Å². The lowest BCUT2D eigenvalue weighted by Gasteiger charge is -2.23. The van der Waals surface area contributed by atoms with Crippen molar-refractivity contribution >= 4 is 27.0 Å². The number of rotatable bonds is 6. The van der Waals surface area contributed by atoms with Gasteiger partial charge in [-0.3, -0.25) is 4.31 Å². The first-order chi connectivity index (χ1) is 16.0. The van der Waals surface area contributed by atoms with Gasteiger partial charge in [0.05, 0.1) is 5.69 Å². The molecule has 3 heterocycles. The Morgan fingerprint density at radius 2 is 1.79 bits per heavy atom. The molecular formula is C23H21N3O5S2. The molecule has 0 saturated heterocycles. The molecule has 0 aliphatic carbocycles. The Balaban J connectivity index is 1.46. The largest absolute Gasteiger partial charge is 0.486 e. The second kappa shape index (κ2) is 8.53. The van der Waals surface area contributed by atoms with Gasteiger partial charge < -0.3 is 14.0 Å². The molecule has 170 valence electrons. The molecule has 5 rings (SSSR count). The number of ether oxygens (including phenoxy) is 2. The van der Waals surface area contributed by atoms with Crippen molar-refractivity contribution in [2.75, 3.05) is 24.6 Å². The van der Waals surface area contributed by atoms with Crippen molar-refractivity contribution in [3.8, 4) is 33.7 Å². The molecule has 2 aromatic heterocycles. The number of sulfonamides is 1. The molecular weight excluding hydrogens is 462 g/mol. The Kier molecular flexibility index (Phi) is 5.55. The van der Waals surface area contributed by atoms with Gasteiger partial charge in [0.1, 0.15) is 23.0 Å². The van der Waals surface area contributed by atoms with E-state index in [-0.39, 0.29) is 10.8 Å². The van der Waals surface area contributed by atoms with Crippen LogP contribution in [0.1, 0.15) is 12.5 Å². The second-order valence-electron chi connectivity index (χ2n) is 7.39. The lowest BCUT2D eigenvalue weighted by atomic mass is 10.1. The SMILES string of the molecule is CCc1ccc(-c2noc(-c3sccc3S(=O)(=O)N(C)c3ccc4c(c3)OCCO4)n2)cc1. The maximum Gasteiger partial charge on any atom is 0.269 e. The predicted molar refractivity (Wildman–Crippen MR) is 125 cm³/mol. The van der Waals surface area contributed by atoms with E-state index >= 15 is 0 Å². The minimum atomic E-state index is -3.90. The number of aromatic nitrogens is 2. The predicted octanol–water partition coefficient (Wildman–Crippen LogP) is 4.62. The molecule has 0 bridgehead atoms. The first-order valence-electron chi connectivity index (χ1n) is 10.4. The lowest BCUT2D eigenvalue weighted by molar-refractivity contribution is 0.171. The highest BCUT2D eigenvalue weighted by Crippen LogP contribution is 2.38. The van der Waals surface area contributed by atoms with E-state index in [0.29, 0.717) is 41.1 Å². The van der Waals surface area contributed by atoms with Crippen LogP contribution in [0.15, 0.2) is 63.3 Å². The fourth-order valence-corrected chi connectivity index (χ4v) is 6.00. The zero-order valence-electron chi connectivity index (χ0n) is 18.0. The van der Waals surface area contributed by atoms with Gasteiger partial charge in [-0.1, -0.05) is 36.3 Å². The quantitative estimate of drug-likeness (QED) is 0.395. The van der Waals surface area contributed by atoms with Crippen LogP contribution in [0.3, 0.4) is 0 Å². The smallest absolute Gasteiger partial charge is 0.269 e. The van der Waals surface area contributed by atoms with E-state index in [9.17, 15) is 8.42 Å². The van der Waals surface area contributed by atoms with Crippen LogP contribution in [0, 0.1) is 0 Å². The molecule has 0 atom stereocenters. The summed E-state index contributed by atoms with van der Waals surface area (Å²) in [4.78, 5) is 4.95. The molecule has 0 spiro atoms. The van der Waals surface area contributed by atoms with Crippen LogP contribution in [0.2, 0.25) is 0 Å². The van der Waals surface area contributed by atoms with E-state index in [1.807, 2.05) is 24.3 Å². The first-order valence-corrected chi connectivity index (χ1v) is 12.7. The highest BCUT2D eigenvalue weighted by molar-refractivity contribution is 7.93. The fraction of sp³-hybridized carbons (Fsp3) is 0.217. The molecule has 0 unspecified atom stereocenters. The third kappa shape index (κ3) is 3.96. The standard InChI is InChI=1S/C23H21N3O5S2/c1-3-15-4-6-16(7-5-15)22-24-23(31-25-22)21-20(10-13-32-21)33(27,28)26(2)17-8-9-18-19(14-17)30-12-11-29-18/h4-10,13-14H,3,11-12H2,1-2H3. The van der Waals surface area contributed by atoms with Crippen molar-refractivity contribution in [3.63, 3.8) is 0 Å². The average molecular weight is 484 g/mol. The van der Waals surface area contributed by atoms with Crippen molar-refractivity contribution in [1.82, 2.24) is 10.1 Å². The van der Waals surface area contributed by atoms with Gasteiger partial charge in [0.15, 0.2) is 11.5 Å². The van der Waals surface area contributed by atoms with Crippen LogP contribution in [-0.2, 0) is 16.4 Å². The number of fused-ring (bicyclic) bond motifs is 1. The summed E-state index contributed by atoms with van der Waals surface area (Å²) >= 11 is 1.23. The van der Waals surface area contributed by atoms with E-state index in [0.717, 1.165) is 12.0 Å². The third-order valence-electron chi connectivity index (χ3n) is 5.40. The van der Waals surface area contributed by atoms with Gasteiger partial charge in [-0.2, -0.15) is 4.98 Å². The van der Waals surface area contributed by atoms with Crippen molar-refractivity contribution in [1.29, 1.82) is 0 Å². The summed E-state index contributed by atoms with van der Waals surface area (Å²) in [5.74, 6) is 1.68. The molecule has 4 aromatic rings. The highest BCUT2D eigenvalue weighted by atomic mass is 32.2. The molecule has 0 amide bonds. The van der Waals surface area contributed by atoms with Gasteiger partial charge in [0.2, 0.25) is 5.82 Å². The van der Waals surface area contributed by atoms with Gasteiger partial charge in [0, 0.05) is 18.7 Å². The molecule has 2 aromatic carbocycles. The number of thiophene rings is 1. The molecule has 1 aliphatic heterocycles. The molecule has 33 heavy (non-hydrogen) atoms. The van der Waals surface area contributed by atoms with Crippen LogP contribution in [0.4, 0.5) is 5.69 Å². The minimum absolute atomic E-state index is 0.0985. The number of hydrogen-bond donors (Lipinski definition) is 0.